The molecule has 0 radical (unpaired) electrons. The molecule has 1 heterocycles. The van der Waals surface area contributed by atoms with Gasteiger partial charge in [0, 0.05) is 5.56 Å². The monoisotopic (exact) mass is 149 g/mol. The van der Waals surface area contributed by atoms with Gasteiger partial charge in [0.05, 0.1) is 5.69 Å². The fourth-order valence-corrected chi connectivity index (χ4v) is 1.28. The highest BCUT2D eigenvalue weighted by molar-refractivity contribution is 6.01. The van der Waals surface area contributed by atoms with Crippen LogP contribution in [-0.4, -0.2) is 5.91 Å². The molecule has 0 bridgehead atoms. The molecule has 2 rings (SSSR count). The van der Waals surface area contributed by atoms with E-state index < -0.39 is 0 Å². The van der Waals surface area contributed by atoms with Gasteiger partial charge in [-0.05, 0) is 6.07 Å². The summed E-state index contributed by atoms with van der Waals surface area (Å²) in [6.45, 7) is 0. The summed E-state index contributed by atoms with van der Waals surface area (Å²) >= 11 is 0. The number of hydrogen-bond donors (Lipinski definition) is 2. The molecule has 1 amide bonds. The molecule has 0 aromatic heterocycles. The van der Waals surface area contributed by atoms with E-state index in [4.69, 9.17) is 0 Å². The Morgan fingerprint density at radius 2 is 2.09 bits per heavy atom. The number of amides is 1. The molecule has 0 saturated carbocycles. The van der Waals surface area contributed by atoms with E-state index in [1.807, 2.05) is 24.3 Å². The summed E-state index contributed by atoms with van der Waals surface area (Å²) in [5, 5.41) is 2.75. The second kappa shape index (κ2) is 2.07. The van der Waals surface area contributed by atoms with Crippen LogP contribution in [0, 0.1) is 0 Å². The number of anilines is 1. The van der Waals surface area contributed by atoms with Crippen molar-refractivity contribution in [3.8, 4) is 0 Å². The zero-order valence-corrected chi connectivity index (χ0v) is 6.00. The zero-order valence-electron chi connectivity index (χ0n) is 6.00. The van der Waals surface area contributed by atoms with Crippen LogP contribution in [0.15, 0.2) is 24.3 Å². The molecule has 0 aliphatic carbocycles. The minimum atomic E-state index is -0.230. The first-order valence-electron chi connectivity index (χ1n) is 3.52. The molecule has 3 heteroatoms. The fraction of sp³-hybridized carbons (Fsp3) is 0.125. The molecule has 4 N–H and O–H groups in total. The average Bonchev–Trinajstić information content (AvgIpc) is 2.30. The Balaban J connectivity index is 2.55. The highest BCUT2D eigenvalue weighted by Gasteiger charge is 2.29. The van der Waals surface area contributed by atoms with E-state index in [1.165, 1.54) is 0 Å². The number of quaternary nitrogens is 1. The molecule has 3 nitrogen and oxygen atoms in total. The van der Waals surface area contributed by atoms with Crippen molar-refractivity contribution in [3.05, 3.63) is 29.8 Å². The van der Waals surface area contributed by atoms with Gasteiger partial charge in [-0.3, -0.25) is 4.79 Å². The Labute approximate surface area is 64.2 Å². The topological polar surface area (TPSA) is 56.7 Å². The lowest BCUT2D eigenvalue weighted by Crippen LogP contribution is -2.56. The number of rotatable bonds is 0. The molecule has 0 fully saturated rings. The van der Waals surface area contributed by atoms with Crippen molar-refractivity contribution in [1.82, 2.24) is 0 Å². The van der Waals surface area contributed by atoms with Crippen molar-refractivity contribution in [2.75, 3.05) is 5.32 Å². The first-order valence-corrected chi connectivity index (χ1v) is 3.52. The van der Waals surface area contributed by atoms with Crippen molar-refractivity contribution in [1.29, 1.82) is 0 Å². The second-order valence-electron chi connectivity index (χ2n) is 2.63. The summed E-state index contributed by atoms with van der Waals surface area (Å²) in [5.74, 6) is -0.00815. The summed E-state index contributed by atoms with van der Waals surface area (Å²) in [7, 11) is 0. The van der Waals surface area contributed by atoms with E-state index in [9.17, 15) is 4.79 Å². The van der Waals surface area contributed by atoms with E-state index in [0.717, 1.165) is 11.3 Å². The Morgan fingerprint density at radius 3 is 2.82 bits per heavy atom. The quantitative estimate of drug-likeness (QED) is 0.532. The SMILES string of the molecule is [NH3+]C1C(=O)Nc2ccccc21. The van der Waals surface area contributed by atoms with Crippen molar-refractivity contribution in [2.24, 2.45) is 0 Å². The van der Waals surface area contributed by atoms with Crippen molar-refractivity contribution < 1.29 is 10.5 Å². The summed E-state index contributed by atoms with van der Waals surface area (Å²) < 4.78 is 0. The second-order valence-corrected chi connectivity index (χ2v) is 2.63. The lowest BCUT2D eigenvalue weighted by molar-refractivity contribution is -0.407. The molecule has 1 aromatic carbocycles. The first kappa shape index (κ1) is 6.37. The molecular formula is C8H9N2O+. The van der Waals surface area contributed by atoms with E-state index in [-0.39, 0.29) is 11.9 Å². The van der Waals surface area contributed by atoms with E-state index in [1.54, 1.807) is 0 Å². The smallest absolute Gasteiger partial charge is 0.287 e. The van der Waals surface area contributed by atoms with Gasteiger partial charge >= 0.3 is 0 Å². The Kier molecular flexibility index (Phi) is 1.20. The third-order valence-corrected chi connectivity index (χ3v) is 1.91. The average molecular weight is 149 g/mol. The zero-order chi connectivity index (χ0) is 7.84. The van der Waals surface area contributed by atoms with Crippen LogP contribution in [-0.2, 0) is 4.79 Å². The van der Waals surface area contributed by atoms with Crippen molar-refractivity contribution in [3.63, 3.8) is 0 Å². The van der Waals surface area contributed by atoms with Crippen molar-refractivity contribution in [2.45, 2.75) is 6.04 Å². The van der Waals surface area contributed by atoms with Crippen LogP contribution in [0.1, 0.15) is 11.6 Å². The number of benzene rings is 1. The highest BCUT2D eigenvalue weighted by Crippen LogP contribution is 2.26. The number of hydrogen-bond acceptors (Lipinski definition) is 1. The first-order chi connectivity index (χ1) is 5.29. The molecule has 1 atom stereocenters. The standard InChI is InChI=1S/C8H8N2O/c9-7-5-3-1-2-4-6(5)10-8(7)11/h1-4,7H,9H2,(H,10,11)/p+1. The summed E-state index contributed by atoms with van der Waals surface area (Å²) in [6, 6.07) is 7.39. The molecule has 56 valence electrons. The Morgan fingerprint density at radius 1 is 1.36 bits per heavy atom. The van der Waals surface area contributed by atoms with Gasteiger partial charge in [-0.25, -0.2) is 0 Å². The maximum absolute atomic E-state index is 11.1. The number of carbonyl (C=O) groups excluding carboxylic acids is 1. The van der Waals surface area contributed by atoms with E-state index in [2.05, 4.69) is 11.1 Å². The van der Waals surface area contributed by atoms with Crippen LogP contribution in [0.4, 0.5) is 5.69 Å². The van der Waals surface area contributed by atoms with E-state index >= 15 is 0 Å². The van der Waals surface area contributed by atoms with Crippen LogP contribution < -0.4 is 11.1 Å². The van der Waals surface area contributed by atoms with Crippen LogP contribution in [0.25, 0.3) is 0 Å². The third-order valence-electron chi connectivity index (χ3n) is 1.91. The maximum Gasteiger partial charge on any atom is 0.287 e. The minimum Gasteiger partial charge on any atom is -0.343 e. The van der Waals surface area contributed by atoms with Gasteiger partial charge < -0.3 is 11.1 Å². The minimum absolute atomic E-state index is 0.00815. The number of fused-ring (bicyclic) bond motifs is 1. The predicted octanol–water partition coefficient (Wildman–Crippen LogP) is -0.0783. The number of carbonyl (C=O) groups is 1. The van der Waals surface area contributed by atoms with Crippen LogP contribution in [0.2, 0.25) is 0 Å². The molecule has 0 spiro atoms. The molecule has 1 aromatic rings. The molecule has 1 aliphatic heterocycles. The Bertz CT molecular complexity index is 309. The van der Waals surface area contributed by atoms with Gasteiger partial charge in [-0.15, -0.1) is 0 Å². The number of nitrogens with one attached hydrogen (secondary N) is 1. The third kappa shape index (κ3) is 0.816. The molecule has 11 heavy (non-hydrogen) atoms. The molecular weight excluding hydrogens is 140 g/mol. The lowest BCUT2D eigenvalue weighted by atomic mass is 10.1. The fourth-order valence-electron chi connectivity index (χ4n) is 1.28. The van der Waals surface area contributed by atoms with E-state index in [0.29, 0.717) is 0 Å². The van der Waals surface area contributed by atoms with Gasteiger partial charge in [0.25, 0.3) is 5.91 Å². The summed E-state index contributed by atoms with van der Waals surface area (Å²) in [5.41, 5.74) is 5.65. The molecule has 1 aliphatic rings. The summed E-state index contributed by atoms with van der Waals surface area (Å²) in [6.07, 6.45) is 0. The largest absolute Gasteiger partial charge is 0.343 e. The van der Waals surface area contributed by atoms with Gasteiger partial charge in [-0.1, -0.05) is 18.2 Å². The maximum atomic E-state index is 11.1. The van der Waals surface area contributed by atoms with Crippen LogP contribution in [0.5, 0.6) is 0 Å². The normalized spacial score (nSPS) is 21.2. The predicted molar refractivity (Wildman–Crippen MR) is 40.7 cm³/mol. The molecule has 1 unspecified atom stereocenters. The Hall–Kier alpha value is -1.35. The van der Waals surface area contributed by atoms with Gasteiger partial charge in [-0.2, -0.15) is 0 Å². The highest BCUT2D eigenvalue weighted by atomic mass is 16.2. The lowest BCUT2D eigenvalue weighted by Gasteiger charge is -1.94. The van der Waals surface area contributed by atoms with Gasteiger partial charge in [0.1, 0.15) is 0 Å². The molecule has 0 saturated heterocycles. The van der Waals surface area contributed by atoms with Crippen LogP contribution >= 0.6 is 0 Å². The number of para-hydroxylation sites is 1. The van der Waals surface area contributed by atoms with Crippen LogP contribution in [0.3, 0.4) is 0 Å². The van der Waals surface area contributed by atoms with Gasteiger partial charge in [0.15, 0.2) is 6.04 Å². The summed E-state index contributed by atoms with van der Waals surface area (Å²) in [4.78, 5) is 11.1. The van der Waals surface area contributed by atoms with Gasteiger partial charge in [0.2, 0.25) is 0 Å². The van der Waals surface area contributed by atoms with Crippen molar-refractivity contribution >= 4 is 11.6 Å².